The molecule has 0 N–H and O–H groups in total. The SMILES string of the molecule is N#CCC(c1ccccc1)S(=O)(=O)c1cccc(Br)c1. The Hall–Kier alpha value is -1.64. The smallest absolute Gasteiger partial charge is 0.186 e. The fraction of sp³-hybridized carbons (Fsp3) is 0.133. The van der Waals surface area contributed by atoms with E-state index < -0.39 is 15.1 Å². The molecule has 3 nitrogen and oxygen atoms in total. The van der Waals surface area contributed by atoms with Crippen molar-refractivity contribution in [3.63, 3.8) is 0 Å². The second-order valence-electron chi connectivity index (χ2n) is 4.26. The maximum atomic E-state index is 12.7. The molecule has 0 aliphatic rings. The third-order valence-corrected chi connectivity index (χ3v) is 5.54. The fourth-order valence-electron chi connectivity index (χ4n) is 1.97. The minimum absolute atomic E-state index is 0.0706. The highest BCUT2D eigenvalue weighted by Crippen LogP contribution is 2.32. The number of benzene rings is 2. The molecule has 0 heterocycles. The predicted octanol–water partition coefficient (Wildman–Crippen LogP) is 3.88. The van der Waals surface area contributed by atoms with Crippen LogP contribution in [0.5, 0.6) is 0 Å². The lowest BCUT2D eigenvalue weighted by Crippen LogP contribution is -2.13. The summed E-state index contributed by atoms with van der Waals surface area (Å²) in [6.07, 6.45) is -0.0706. The van der Waals surface area contributed by atoms with E-state index in [4.69, 9.17) is 5.26 Å². The molecule has 102 valence electrons. The van der Waals surface area contributed by atoms with E-state index in [9.17, 15) is 8.42 Å². The molecule has 0 saturated carbocycles. The molecule has 0 radical (unpaired) electrons. The van der Waals surface area contributed by atoms with E-state index in [2.05, 4.69) is 15.9 Å². The number of hydrogen-bond donors (Lipinski definition) is 0. The van der Waals surface area contributed by atoms with Gasteiger partial charge in [-0.3, -0.25) is 0 Å². The number of rotatable bonds is 4. The third-order valence-electron chi connectivity index (χ3n) is 2.95. The highest BCUT2D eigenvalue weighted by molar-refractivity contribution is 9.10. The van der Waals surface area contributed by atoms with E-state index >= 15 is 0 Å². The quantitative estimate of drug-likeness (QED) is 0.841. The lowest BCUT2D eigenvalue weighted by molar-refractivity contribution is 0.582. The standard InChI is InChI=1S/C15H12BrNO2S/c16-13-7-4-8-14(11-13)20(18,19)15(9-10-17)12-5-2-1-3-6-12/h1-8,11,15H,9H2. The zero-order chi connectivity index (χ0) is 14.6. The topological polar surface area (TPSA) is 57.9 Å². The first-order chi connectivity index (χ1) is 9.55. The van der Waals surface area contributed by atoms with E-state index in [1.807, 2.05) is 12.1 Å². The van der Waals surface area contributed by atoms with E-state index in [0.29, 0.717) is 10.0 Å². The Balaban J connectivity index is 2.52. The van der Waals surface area contributed by atoms with Gasteiger partial charge in [-0.25, -0.2) is 8.42 Å². The van der Waals surface area contributed by atoms with Crippen molar-refractivity contribution < 1.29 is 8.42 Å². The summed E-state index contributed by atoms with van der Waals surface area (Å²) in [5.74, 6) is 0. The lowest BCUT2D eigenvalue weighted by Gasteiger charge is -2.15. The molecule has 0 aromatic heterocycles. The van der Waals surface area contributed by atoms with Gasteiger partial charge in [0.05, 0.1) is 17.4 Å². The molecule has 0 fully saturated rings. The first-order valence-corrected chi connectivity index (χ1v) is 8.31. The van der Waals surface area contributed by atoms with Crippen LogP contribution in [0.25, 0.3) is 0 Å². The summed E-state index contributed by atoms with van der Waals surface area (Å²) in [6, 6.07) is 17.3. The molecule has 1 unspecified atom stereocenters. The van der Waals surface area contributed by atoms with Crippen LogP contribution in [0.3, 0.4) is 0 Å². The summed E-state index contributed by atoms with van der Waals surface area (Å²) < 4.78 is 26.1. The first kappa shape index (κ1) is 14.8. The van der Waals surface area contributed by atoms with Crippen LogP contribution in [-0.2, 0) is 9.84 Å². The van der Waals surface area contributed by atoms with E-state index in [0.717, 1.165) is 0 Å². The van der Waals surface area contributed by atoms with Crippen LogP contribution in [0.1, 0.15) is 17.2 Å². The monoisotopic (exact) mass is 349 g/mol. The second kappa shape index (κ2) is 6.21. The van der Waals surface area contributed by atoms with Gasteiger partial charge in [0.15, 0.2) is 9.84 Å². The van der Waals surface area contributed by atoms with Gasteiger partial charge in [0.2, 0.25) is 0 Å². The Kier molecular flexibility index (Phi) is 4.58. The van der Waals surface area contributed by atoms with Crippen molar-refractivity contribution in [2.45, 2.75) is 16.6 Å². The largest absolute Gasteiger partial charge is 0.223 e. The van der Waals surface area contributed by atoms with Crippen molar-refractivity contribution >= 4 is 25.8 Å². The van der Waals surface area contributed by atoms with Gasteiger partial charge < -0.3 is 0 Å². The van der Waals surface area contributed by atoms with Crippen LogP contribution in [0.15, 0.2) is 64.0 Å². The zero-order valence-electron chi connectivity index (χ0n) is 10.5. The molecule has 20 heavy (non-hydrogen) atoms. The molecular formula is C15H12BrNO2S. The Labute approximate surface area is 126 Å². The van der Waals surface area contributed by atoms with E-state index in [1.165, 1.54) is 0 Å². The van der Waals surface area contributed by atoms with Crippen molar-refractivity contribution in [1.29, 1.82) is 5.26 Å². The minimum Gasteiger partial charge on any atom is -0.223 e. The van der Waals surface area contributed by atoms with Gasteiger partial charge in [-0.05, 0) is 23.8 Å². The normalized spacial score (nSPS) is 12.6. The number of sulfone groups is 1. The Morgan fingerprint density at radius 2 is 1.80 bits per heavy atom. The molecular weight excluding hydrogens is 338 g/mol. The number of nitrogens with zero attached hydrogens (tertiary/aromatic N) is 1. The number of halogens is 1. The number of nitriles is 1. The molecule has 1 atom stereocenters. The summed E-state index contributed by atoms with van der Waals surface area (Å²) >= 11 is 3.27. The average Bonchev–Trinajstić information content (AvgIpc) is 2.45. The maximum absolute atomic E-state index is 12.7. The molecule has 2 rings (SSSR count). The predicted molar refractivity (Wildman–Crippen MR) is 80.7 cm³/mol. The summed E-state index contributed by atoms with van der Waals surface area (Å²) in [5.41, 5.74) is 0.633. The van der Waals surface area contributed by atoms with Crippen LogP contribution in [0, 0.1) is 11.3 Å². The van der Waals surface area contributed by atoms with Crippen molar-refractivity contribution in [1.82, 2.24) is 0 Å². The Bertz CT molecular complexity index is 736. The molecule has 0 bridgehead atoms. The lowest BCUT2D eigenvalue weighted by atomic mass is 10.1. The van der Waals surface area contributed by atoms with Gasteiger partial charge in [-0.1, -0.05) is 52.3 Å². The molecule has 0 aliphatic carbocycles. The van der Waals surface area contributed by atoms with Gasteiger partial charge in [0.25, 0.3) is 0 Å². The van der Waals surface area contributed by atoms with Crippen molar-refractivity contribution in [2.24, 2.45) is 0 Å². The van der Waals surface area contributed by atoms with Crippen molar-refractivity contribution in [3.8, 4) is 6.07 Å². The first-order valence-electron chi connectivity index (χ1n) is 5.97. The molecule has 0 aliphatic heterocycles. The Morgan fingerprint density at radius 3 is 2.40 bits per heavy atom. The average molecular weight is 350 g/mol. The van der Waals surface area contributed by atoms with Gasteiger partial charge in [0.1, 0.15) is 5.25 Å². The molecule has 2 aromatic rings. The maximum Gasteiger partial charge on any atom is 0.186 e. The summed E-state index contributed by atoms with van der Waals surface area (Å²) in [7, 11) is -3.59. The van der Waals surface area contributed by atoms with Crippen molar-refractivity contribution in [3.05, 3.63) is 64.6 Å². The number of hydrogen-bond acceptors (Lipinski definition) is 3. The summed E-state index contributed by atoms with van der Waals surface area (Å²) in [4.78, 5) is 0.218. The zero-order valence-corrected chi connectivity index (χ0v) is 12.9. The van der Waals surface area contributed by atoms with Crippen LogP contribution >= 0.6 is 15.9 Å². The van der Waals surface area contributed by atoms with Gasteiger partial charge in [-0.2, -0.15) is 5.26 Å². The van der Waals surface area contributed by atoms with Gasteiger partial charge in [0, 0.05) is 4.47 Å². The molecule has 0 saturated heterocycles. The minimum atomic E-state index is -3.59. The summed E-state index contributed by atoms with van der Waals surface area (Å²) in [6.45, 7) is 0. The Morgan fingerprint density at radius 1 is 1.10 bits per heavy atom. The molecule has 0 amide bonds. The van der Waals surface area contributed by atoms with Gasteiger partial charge in [-0.15, -0.1) is 0 Å². The fourth-order valence-corrected chi connectivity index (χ4v) is 4.21. The van der Waals surface area contributed by atoms with Crippen LogP contribution in [0.2, 0.25) is 0 Å². The van der Waals surface area contributed by atoms with Crippen LogP contribution in [-0.4, -0.2) is 8.42 Å². The molecule has 2 aromatic carbocycles. The highest BCUT2D eigenvalue weighted by atomic mass is 79.9. The molecule has 0 spiro atoms. The van der Waals surface area contributed by atoms with Crippen molar-refractivity contribution in [2.75, 3.05) is 0 Å². The third kappa shape index (κ3) is 3.09. The van der Waals surface area contributed by atoms with Gasteiger partial charge >= 0.3 is 0 Å². The van der Waals surface area contributed by atoms with E-state index in [-0.39, 0.29) is 11.3 Å². The van der Waals surface area contributed by atoms with Crippen LogP contribution in [0.4, 0.5) is 0 Å². The van der Waals surface area contributed by atoms with E-state index in [1.54, 1.807) is 48.5 Å². The highest BCUT2D eigenvalue weighted by Gasteiger charge is 2.28. The molecule has 5 heteroatoms. The van der Waals surface area contributed by atoms with Crippen LogP contribution < -0.4 is 0 Å². The second-order valence-corrected chi connectivity index (χ2v) is 7.31. The summed E-state index contributed by atoms with van der Waals surface area (Å²) in [5, 5.41) is 8.09.